The second kappa shape index (κ2) is 11.9. The molecule has 0 fully saturated rings. The molecule has 5 heteroatoms. The van der Waals surface area contributed by atoms with Crippen LogP contribution in [0.25, 0.3) is 0 Å². The maximum Gasteiger partial charge on any atom is 0.190 e. The van der Waals surface area contributed by atoms with Crippen LogP contribution in [-0.2, 0) is 6.42 Å². The van der Waals surface area contributed by atoms with Crippen molar-refractivity contribution in [3.63, 3.8) is 0 Å². The highest BCUT2D eigenvalue weighted by Crippen LogP contribution is 2.06. The summed E-state index contributed by atoms with van der Waals surface area (Å²) in [6, 6.07) is 6.89. The topological polar surface area (TPSA) is 39.7 Å². The van der Waals surface area contributed by atoms with Gasteiger partial charge in [-0.05, 0) is 50.5 Å². The number of aliphatic imine (C=N–C) groups is 1. The summed E-state index contributed by atoms with van der Waals surface area (Å²) in [6.45, 7) is 9.34. The van der Waals surface area contributed by atoms with Gasteiger partial charge < -0.3 is 15.5 Å². The van der Waals surface area contributed by atoms with Crippen LogP contribution in [0.1, 0.15) is 32.3 Å². The Morgan fingerprint density at radius 2 is 1.78 bits per heavy atom. The van der Waals surface area contributed by atoms with E-state index in [0.717, 1.165) is 44.1 Å². The minimum atomic E-state index is -0.145. The van der Waals surface area contributed by atoms with Crippen molar-refractivity contribution >= 4 is 5.96 Å². The highest BCUT2D eigenvalue weighted by Gasteiger charge is 2.02. The lowest BCUT2D eigenvalue weighted by Gasteiger charge is -2.18. The first kappa shape index (κ1) is 19.4. The first-order valence-electron chi connectivity index (χ1n) is 8.61. The molecule has 4 nitrogen and oxygen atoms in total. The molecule has 0 aliphatic heterocycles. The predicted octanol–water partition coefficient (Wildman–Crippen LogP) is 2.66. The molecule has 130 valence electrons. The Balaban J connectivity index is 2.16. The molecular formula is C18H31FN4. The Morgan fingerprint density at radius 1 is 1.09 bits per heavy atom. The third kappa shape index (κ3) is 7.98. The van der Waals surface area contributed by atoms with Gasteiger partial charge in [0, 0.05) is 20.1 Å². The fourth-order valence-corrected chi connectivity index (χ4v) is 2.44. The first-order chi connectivity index (χ1) is 11.2. The molecule has 1 rings (SSSR count). The van der Waals surface area contributed by atoms with Gasteiger partial charge in [-0.1, -0.05) is 32.0 Å². The predicted molar refractivity (Wildman–Crippen MR) is 96.5 cm³/mol. The molecule has 1 aromatic carbocycles. The molecule has 0 heterocycles. The maximum absolute atomic E-state index is 13.5. The summed E-state index contributed by atoms with van der Waals surface area (Å²) < 4.78 is 13.5. The first-order valence-corrected chi connectivity index (χ1v) is 8.61. The molecule has 0 saturated heterocycles. The van der Waals surface area contributed by atoms with Gasteiger partial charge in [-0.15, -0.1) is 0 Å². The van der Waals surface area contributed by atoms with Crippen molar-refractivity contribution in [3.05, 3.63) is 35.6 Å². The van der Waals surface area contributed by atoms with Crippen LogP contribution in [0.4, 0.5) is 4.39 Å². The van der Waals surface area contributed by atoms with E-state index in [1.54, 1.807) is 13.1 Å². The fourth-order valence-electron chi connectivity index (χ4n) is 2.44. The molecule has 1 aromatic rings. The number of rotatable bonds is 10. The largest absolute Gasteiger partial charge is 0.356 e. The van der Waals surface area contributed by atoms with E-state index in [1.807, 2.05) is 12.1 Å². The third-order valence-electron chi connectivity index (χ3n) is 3.96. The van der Waals surface area contributed by atoms with E-state index in [1.165, 1.54) is 12.5 Å². The van der Waals surface area contributed by atoms with E-state index < -0.39 is 0 Å². The van der Waals surface area contributed by atoms with E-state index in [4.69, 9.17) is 0 Å². The van der Waals surface area contributed by atoms with E-state index in [-0.39, 0.29) is 5.82 Å². The van der Waals surface area contributed by atoms with Gasteiger partial charge >= 0.3 is 0 Å². The van der Waals surface area contributed by atoms with E-state index in [0.29, 0.717) is 13.0 Å². The number of benzene rings is 1. The number of halogens is 1. The quantitative estimate of drug-likeness (QED) is 0.395. The van der Waals surface area contributed by atoms with Crippen LogP contribution in [0.15, 0.2) is 29.3 Å². The molecule has 0 aromatic heterocycles. The van der Waals surface area contributed by atoms with Gasteiger partial charge in [0.1, 0.15) is 5.82 Å². The lowest BCUT2D eigenvalue weighted by Crippen LogP contribution is -2.39. The van der Waals surface area contributed by atoms with Gasteiger partial charge in [0.25, 0.3) is 0 Å². The maximum atomic E-state index is 13.5. The number of hydrogen-bond acceptors (Lipinski definition) is 2. The number of guanidine groups is 1. The van der Waals surface area contributed by atoms with Crippen LogP contribution >= 0.6 is 0 Å². The Bertz CT molecular complexity index is 458. The lowest BCUT2D eigenvalue weighted by molar-refractivity contribution is 0.297. The molecule has 0 spiro atoms. The summed E-state index contributed by atoms with van der Waals surface area (Å²) in [7, 11) is 1.76. The average molecular weight is 322 g/mol. The summed E-state index contributed by atoms with van der Waals surface area (Å²) in [5.41, 5.74) is 0.731. The fraction of sp³-hybridized carbons (Fsp3) is 0.611. The zero-order valence-corrected chi connectivity index (χ0v) is 14.7. The zero-order chi connectivity index (χ0) is 16.9. The monoisotopic (exact) mass is 322 g/mol. The van der Waals surface area contributed by atoms with Gasteiger partial charge in [-0.3, -0.25) is 4.99 Å². The van der Waals surface area contributed by atoms with Gasteiger partial charge in [0.15, 0.2) is 5.96 Å². The number of nitrogens with one attached hydrogen (secondary N) is 2. The van der Waals surface area contributed by atoms with Crippen LogP contribution in [-0.4, -0.2) is 50.6 Å². The van der Waals surface area contributed by atoms with Crippen LogP contribution in [0.2, 0.25) is 0 Å². The van der Waals surface area contributed by atoms with Crippen molar-refractivity contribution in [2.45, 2.75) is 33.1 Å². The third-order valence-corrected chi connectivity index (χ3v) is 3.96. The summed E-state index contributed by atoms with van der Waals surface area (Å²) in [4.78, 5) is 6.63. The zero-order valence-electron chi connectivity index (χ0n) is 14.7. The number of unbranched alkanes of at least 4 members (excludes halogenated alkanes) is 1. The smallest absolute Gasteiger partial charge is 0.190 e. The van der Waals surface area contributed by atoms with Crippen LogP contribution in [0.5, 0.6) is 0 Å². The highest BCUT2D eigenvalue weighted by molar-refractivity contribution is 5.79. The molecule has 0 radical (unpaired) electrons. The molecule has 0 aliphatic rings. The van der Waals surface area contributed by atoms with Gasteiger partial charge in [0.05, 0.1) is 0 Å². The molecular weight excluding hydrogens is 291 g/mol. The molecule has 0 bridgehead atoms. The van der Waals surface area contributed by atoms with Gasteiger partial charge in [-0.2, -0.15) is 0 Å². The second-order valence-corrected chi connectivity index (χ2v) is 5.50. The number of hydrogen-bond donors (Lipinski definition) is 2. The van der Waals surface area contributed by atoms with Crippen molar-refractivity contribution in [1.29, 1.82) is 0 Å². The molecule has 0 saturated carbocycles. The normalized spacial score (nSPS) is 11.8. The standard InChI is InChI=1S/C18H31FN4/c1-4-23(5-2)15-9-8-13-21-18(20-3)22-14-12-16-10-6-7-11-17(16)19/h6-7,10-11H,4-5,8-9,12-15H2,1-3H3,(H2,20,21,22). The summed E-state index contributed by atoms with van der Waals surface area (Å²) in [5, 5.41) is 6.54. The van der Waals surface area contributed by atoms with Crippen molar-refractivity contribution < 1.29 is 4.39 Å². The average Bonchev–Trinajstić information content (AvgIpc) is 2.58. The SMILES string of the molecule is CCN(CC)CCCCNC(=NC)NCCc1ccccc1F. The van der Waals surface area contributed by atoms with Crippen molar-refractivity contribution in [2.24, 2.45) is 4.99 Å². The molecule has 2 N–H and O–H groups in total. The minimum Gasteiger partial charge on any atom is -0.356 e. The van der Waals surface area contributed by atoms with Crippen LogP contribution in [0, 0.1) is 5.82 Å². The second-order valence-electron chi connectivity index (χ2n) is 5.50. The van der Waals surface area contributed by atoms with Crippen LogP contribution < -0.4 is 10.6 Å². The summed E-state index contributed by atoms with van der Waals surface area (Å²) in [6.07, 6.45) is 2.95. The Morgan fingerprint density at radius 3 is 2.43 bits per heavy atom. The van der Waals surface area contributed by atoms with Crippen molar-refractivity contribution in [3.8, 4) is 0 Å². The Labute approximate surface area is 140 Å². The minimum absolute atomic E-state index is 0.145. The highest BCUT2D eigenvalue weighted by atomic mass is 19.1. The molecule has 0 aliphatic carbocycles. The summed E-state index contributed by atoms with van der Waals surface area (Å²) >= 11 is 0. The van der Waals surface area contributed by atoms with Gasteiger partial charge in [0.2, 0.25) is 0 Å². The number of nitrogens with zero attached hydrogens (tertiary/aromatic N) is 2. The molecule has 23 heavy (non-hydrogen) atoms. The van der Waals surface area contributed by atoms with E-state index >= 15 is 0 Å². The molecule has 0 atom stereocenters. The molecule has 0 unspecified atom stereocenters. The van der Waals surface area contributed by atoms with Crippen molar-refractivity contribution in [2.75, 3.05) is 39.8 Å². The van der Waals surface area contributed by atoms with E-state index in [2.05, 4.69) is 34.4 Å². The molecule has 0 amide bonds. The van der Waals surface area contributed by atoms with Gasteiger partial charge in [-0.25, -0.2) is 4.39 Å². The van der Waals surface area contributed by atoms with E-state index in [9.17, 15) is 4.39 Å². The van der Waals surface area contributed by atoms with Crippen LogP contribution in [0.3, 0.4) is 0 Å². The van der Waals surface area contributed by atoms with Crippen molar-refractivity contribution in [1.82, 2.24) is 15.5 Å². The lowest BCUT2D eigenvalue weighted by atomic mass is 10.1. The summed E-state index contributed by atoms with van der Waals surface area (Å²) in [5.74, 6) is 0.637. The Kier molecular flexibility index (Phi) is 10.0. The Hall–Kier alpha value is -1.62.